The van der Waals surface area contributed by atoms with Crippen molar-refractivity contribution in [1.82, 2.24) is 14.8 Å². The van der Waals surface area contributed by atoms with E-state index < -0.39 is 0 Å². The summed E-state index contributed by atoms with van der Waals surface area (Å²) in [4.78, 5) is 14.0. The normalized spacial score (nSPS) is 12.4. The van der Waals surface area contributed by atoms with Gasteiger partial charge in [-0.2, -0.15) is 0 Å². The molecule has 0 saturated carbocycles. The van der Waals surface area contributed by atoms with Crippen molar-refractivity contribution in [2.45, 2.75) is 50.9 Å². The molecule has 0 unspecified atom stereocenters. The molecule has 1 aromatic heterocycles. The van der Waals surface area contributed by atoms with Gasteiger partial charge in [-0.1, -0.05) is 68.4 Å². The van der Waals surface area contributed by atoms with E-state index in [0.29, 0.717) is 11.8 Å². The van der Waals surface area contributed by atoms with Gasteiger partial charge in [-0.05, 0) is 17.9 Å². The predicted molar refractivity (Wildman–Crippen MR) is 124 cm³/mol. The number of hydrogen-bond acceptors (Lipinski definition) is 4. The molecule has 1 amide bonds. The Labute approximate surface area is 183 Å². The van der Waals surface area contributed by atoms with Crippen LogP contribution in [0.25, 0.3) is 10.8 Å². The summed E-state index contributed by atoms with van der Waals surface area (Å²) < 4.78 is 2.21. The zero-order valence-electron chi connectivity index (χ0n) is 18.3. The van der Waals surface area contributed by atoms with Crippen LogP contribution in [0.5, 0.6) is 0 Å². The summed E-state index contributed by atoms with van der Waals surface area (Å²) in [6.07, 6.45) is 3.17. The van der Waals surface area contributed by atoms with Crippen molar-refractivity contribution in [3.05, 3.63) is 48.3 Å². The molecule has 0 aliphatic rings. The van der Waals surface area contributed by atoms with Gasteiger partial charge in [0.15, 0.2) is 11.0 Å². The van der Waals surface area contributed by atoms with Crippen LogP contribution in [-0.2, 0) is 11.3 Å². The smallest absolute Gasteiger partial charge is 0.234 e. The van der Waals surface area contributed by atoms with E-state index in [1.54, 1.807) is 0 Å². The van der Waals surface area contributed by atoms with Gasteiger partial charge in [0.25, 0.3) is 0 Å². The number of nitrogens with one attached hydrogen (secondary N) is 2. The molecule has 3 rings (SSSR count). The summed E-state index contributed by atoms with van der Waals surface area (Å²) in [5, 5.41) is 15.0. The number of benzene rings is 2. The van der Waals surface area contributed by atoms with Crippen molar-refractivity contribution in [2.75, 3.05) is 25.2 Å². The molecular weight excluding hydrogens is 394 g/mol. The van der Waals surface area contributed by atoms with Gasteiger partial charge >= 0.3 is 0 Å². The monoisotopic (exact) mass is 426 g/mol. The van der Waals surface area contributed by atoms with E-state index in [1.807, 2.05) is 42.5 Å². The summed E-state index contributed by atoms with van der Waals surface area (Å²) in [6, 6.07) is 14.3. The quantitative estimate of drug-likeness (QED) is 0.487. The number of fused-ring (bicyclic) bond motifs is 1. The summed E-state index contributed by atoms with van der Waals surface area (Å²) in [6.45, 7) is 5.25. The maximum absolute atomic E-state index is 12.7. The summed E-state index contributed by atoms with van der Waals surface area (Å²) in [7, 11) is 4.30. The zero-order valence-corrected chi connectivity index (χ0v) is 19.1. The van der Waals surface area contributed by atoms with Gasteiger partial charge in [0.2, 0.25) is 5.91 Å². The van der Waals surface area contributed by atoms with Crippen molar-refractivity contribution >= 4 is 34.1 Å². The van der Waals surface area contributed by atoms with Crippen molar-refractivity contribution in [3.8, 4) is 0 Å². The highest BCUT2D eigenvalue weighted by Crippen LogP contribution is 2.25. The van der Waals surface area contributed by atoms with Crippen LogP contribution in [0.3, 0.4) is 0 Å². The minimum Gasteiger partial charge on any atom is -0.331 e. The van der Waals surface area contributed by atoms with Gasteiger partial charge in [-0.15, -0.1) is 10.2 Å². The first kappa shape index (κ1) is 22.3. The molecule has 30 heavy (non-hydrogen) atoms. The largest absolute Gasteiger partial charge is 0.331 e. The molecule has 0 aliphatic carbocycles. The number of unbranched alkanes of at least 4 members (excludes halogenated alkanes) is 1. The Hall–Kier alpha value is -2.38. The van der Waals surface area contributed by atoms with Crippen LogP contribution in [0.2, 0.25) is 0 Å². The fourth-order valence-corrected chi connectivity index (χ4v) is 4.46. The van der Waals surface area contributed by atoms with Crippen molar-refractivity contribution in [1.29, 1.82) is 0 Å². The molecule has 2 N–H and O–H groups in total. The average molecular weight is 427 g/mol. The molecule has 0 saturated heterocycles. The van der Waals surface area contributed by atoms with Crippen molar-refractivity contribution < 1.29 is 9.69 Å². The highest BCUT2D eigenvalue weighted by Gasteiger charge is 2.25. The third-order valence-corrected chi connectivity index (χ3v) is 6.26. The maximum Gasteiger partial charge on any atom is 0.234 e. The number of anilines is 1. The van der Waals surface area contributed by atoms with Crippen LogP contribution in [0.4, 0.5) is 5.69 Å². The number of hydrogen-bond donors (Lipinski definition) is 2. The van der Waals surface area contributed by atoms with Crippen LogP contribution in [0.1, 0.15) is 45.0 Å². The number of aromatic nitrogens is 3. The van der Waals surface area contributed by atoms with Gasteiger partial charge in [0.05, 0.1) is 19.8 Å². The van der Waals surface area contributed by atoms with E-state index in [4.69, 9.17) is 0 Å². The number of carbonyl (C=O) groups is 1. The Kier molecular flexibility index (Phi) is 7.87. The number of amides is 1. The maximum atomic E-state index is 12.7. The second-order valence-corrected chi connectivity index (χ2v) is 8.69. The third kappa shape index (κ3) is 5.21. The van der Waals surface area contributed by atoms with E-state index in [0.717, 1.165) is 53.2 Å². The number of nitrogens with zero attached hydrogens (tertiary/aromatic N) is 3. The molecule has 0 fully saturated rings. The lowest BCUT2D eigenvalue weighted by atomic mass is 10.1. The van der Waals surface area contributed by atoms with E-state index in [9.17, 15) is 4.79 Å². The Morgan fingerprint density at radius 3 is 2.63 bits per heavy atom. The topological polar surface area (TPSA) is 64.2 Å². The second kappa shape index (κ2) is 10.6. The number of carbonyl (C=O) groups excluding carboxylic acids is 1. The Morgan fingerprint density at radius 1 is 1.13 bits per heavy atom. The molecule has 2 aromatic carbocycles. The fraction of sp³-hybridized carbons (Fsp3) is 0.435. The second-order valence-electron chi connectivity index (χ2n) is 7.75. The molecule has 1 atom stereocenters. The van der Waals surface area contributed by atoms with Crippen molar-refractivity contribution in [2.24, 2.45) is 0 Å². The van der Waals surface area contributed by atoms with E-state index in [2.05, 4.69) is 48.0 Å². The molecule has 160 valence electrons. The SMILES string of the molecule is CCCCn1c(SCC(=O)Nc2cccc3ccccc23)nnc1[C@@H](CC)[NH+](C)C. The third-order valence-electron chi connectivity index (χ3n) is 5.29. The highest BCUT2D eigenvalue weighted by molar-refractivity contribution is 7.99. The number of rotatable bonds is 10. The van der Waals surface area contributed by atoms with Gasteiger partial charge in [-0.3, -0.25) is 4.79 Å². The molecule has 0 bridgehead atoms. The summed E-state index contributed by atoms with van der Waals surface area (Å²) in [5.74, 6) is 1.29. The predicted octanol–water partition coefficient (Wildman–Crippen LogP) is 3.56. The fourth-order valence-electron chi connectivity index (χ4n) is 3.69. The first-order valence-corrected chi connectivity index (χ1v) is 11.7. The highest BCUT2D eigenvalue weighted by atomic mass is 32.2. The van der Waals surface area contributed by atoms with Crippen LogP contribution < -0.4 is 10.2 Å². The molecule has 0 aliphatic heterocycles. The summed E-state index contributed by atoms with van der Waals surface area (Å²) >= 11 is 1.46. The average Bonchev–Trinajstić information content (AvgIpc) is 3.13. The molecule has 3 aromatic rings. The Bertz CT molecular complexity index is 979. The first-order chi connectivity index (χ1) is 14.5. The molecule has 7 heteroatoms. The minimum atomic E-state index is -0.0341. The standard InChI is InChI=1S/C23H31N5OS/c1-5-7-15-28-22(20(6-2)27(3)4)25-26-23(28)30-16-21(29)24-19-14-10-12-17-11-8-9-13-18(17)19/h8-14,20H,5-7,15-16H2,1-4H3,(H,24,29)/p+1/t20-/m1/s1. The zero-order chi connectivity index (χ0) is 21.5. The van der Waals surface area contributed by atoms with Gasteiger partial charge < -0.3 is 14.8 Å². The van der Waals surface area contributed by atoms with Crippen LogP contribution in [0, 0.1) is 0 Å². The lowest BCUT2D eigenvalue weighted by Gasteiger charge is -2.20. The number of quaternary nitrogens is 1. The lowest BCUT2D eigenvalue weighted by molar-refractivity contribution is -0.893. The molecule has 1 heterocycles. The van der Waals surface area contributed by atoms with E-state index in [1.165, 1.54) is 16.7 Å². The first-order valence-electron chi connectivity index (χ1n) is 10.7. The molecule has 0 spiro atoms. The Morgan fingerprint density at radius 2 is 1.90 bits per heavy atom. The van der Waals surface area contributed by atoms with Crippen LogP contribution in [-0.4, -0.2) is 40.5 Å². The number of thioether (sulfide) groups is 1. The lowest BCUT2D eigenvalue weighted by Crippen LogP contribution is -3.06. The van der Waals surface area contributed by atoms with Gasteiger partial charge in [-0.25, -0.2) is 0 Å². The van der Waals surface area contributed by atoms with Crippen molar-refractivity contribution in [3.63, 3.8) is 0 Å². The van der Waals surface area contributed by atoms with E-state index >= 15 is 0 Å². The molecule has 0 radical (unpaired) electrons. The van der Waals surface area contributed by atoms with Gasteiger partial charge in [0, 0.05) is 24.0 Å². The molecule has 6 nitrogen and oxygen atoms in total. The summed E-state index contributed by atoms with van der Waals surface area (Å²) in [5.41, 5.74) is 0.842. The van der Waals surface area contributed by atoms with Gasteiger partial charge in [0.1, 0.15) is 6.04 Å². The molecular formula is C23H32N5OS+. The van der Waals surface area contributed by atoms with Crippen LogP contribution >= 0.6 is 11.8 Å². The van der Waals surface area contributed by atoms with E-state index in [-0.39, 0.29) is 5.91 Å². The minimum absolute atomic E-state index is 0.0341. The Balaban J connectivity index is 1.72. The van der Waals surface area contributed by atoms with Crippen LogP contribution in [0.15, 0.2) is 47.6 Å².